The van der Waals surface area contributed by atoms with Crippen LogP contribution in [0.4, 0.5) is 10.1 Å². The molecule has 132 valence electrons. The van der Waals surface area contributed by atoms with Crippen LogP contribution in [0.1, 0.15) is 11.1 Å². The minimum atomic E-state index is -0.490. The number of nitro benzene ring substituents is 1. The molecule has 0 saturated heterocycles. The molecular formula is C17H16ClFN2O4. The van der Waals surface area contributed by atoms with Gasteiger partial charge in [-0.2, -0.15) is 0 Å². The molecule has 6 nitrogen and oxygen atoms in total. The summed E-state index contributed by atoms with van der Waals surface area (Å²) in [5, 5.41) is 11.0. The Bertz CT molecular complexity index is 793. The van der Waals surface area contributed by atoms with Crippen LogP contribution in [0, 0.1) is 22.9 Å². The summed E-state index contributed by atoms with van der Waals surface area (Å²) in [6.07, 6.45) is 0. The van der Waals surface area contributed by atoms with E-state index in [9.17, 15) is 19.3 Å². The molecule has 0 atom stereocenters. The second-order valence-electron chi connectivity index (χ2n) is 5.44. The van der Waals surface area contributed by atoms with Crippen LogP contribution >= 0.6 is 11.6 Å². The number of nitro groups is 1. The number of halogens is 2. The van der Waals surface area contributed by atoms with Gasteiger partial charge in [-0.05, 0) is 31.2 Å². The zero-order chi connectivity index (χ0) is 18.6. The van der Waals surface area contributed by atoms with E-state index in [1.165, 1.54) is 42.3 Å². The first-order valence-electron chi connectivity index (χ1n) is 7.34. The van der Waals surface area contributed by atoms with Crippen molar-refractivity contribution in [3.05, 3.63) is 68.5 Å². The predicted octanol–water partition coefficient (Wildman–Crippen LogP) is 3.73. The van der Waals surface area contributed by atoms with E-state index in [4.69, 9.17) is 16.3 Å². The topological polar surface area (TPSA) is 72.7 Å². The summed E-state index contributed by atoms with van der Waals surface area (Å²) >= 11 is 5.94. The number of benzene rings is 2. The van der Waals surface area contributed by atoms with Crippen molar-refractivity contribution in [1.82, 2.24) is 4.90 Å². The van der Waals surface area contributed by atoms with Gasteiger partial charge in [0.05, 0.1) is 4.92 Å². The van der Waals surface area contributed by atoms with Crippen LogP contribution in [0.5, 0.6) is 5.75 Å². The number of aryl methyl sites for hydroxylation is 1. The van der Waals surface area contributed by atoms with Crippen molar-refractivity contribution in [2.75, 3.05) is 13.7 Å². The van der Waals surface area contributed by atoms with E-state index >= 15 is 0 Å². The molecule has 0 saturated carbocycles. The van der Waals surface area contributed by atoms with Gasteiger partial charge in [0.15, 0.2) is 6.61 Å². The van der Waals surface area contributed by atoms with Gasteiger partial charge in [0, 0.05) is 35.8 Å². The molecule has 0 aliphatic rings. The number of amides is 1. The van der Waals surface area contributed by atoms with Gasteiger partial charge in [-0.15, -0.1) is 0 Å². The van der Waals surface area contributed by atoms with Gasteiger partial charge >= 0.3 is 0 Å². The summed E-state index contributed by atoms with van der Waals surface area (Å²) in [7, 11) is 1.51. The number of ether oxygens (including phenoxy) is 1. The Morgan fingerprint density at radius 1 is 1.36 bits per heavy atom. The van der Waals surface area contributed by atoms with E-state index in [1.807, 2.05) is 0 Å². The van der Waals surface area contributed by atoms with Gasteiger partial charge in [-0.25, -0.2) is 4.39 Å². The SMILES string of the molecule is Cc1cc(OCC(=O)N(C)Cc2c(F)cccc2Cl)ccc1[N+](=O)[O-]. The van der Waals surface area contributed by atoms with Gasteiger partial charge in [0.25, 0.3) is 11.6 Å². The van der Waals surface area contributed by atoms with Crippen molar-refractivity contribution < 1.29 is 18.8 Å². The molecule has 8 heteroatoms. The molecule has 0 N–H and O–H groups in total. The normalized spacial score (nSPS) is 10.4. The molecule has 0 spiro atoms. The minimum Gasteiger partial charge on any atom is -0.484 e. The fourth-order valence-corrected chi connectivity index (χ4v) is 2.41. The Morgan fingerprint density at radius 2 is 2.08 bits per heavy atom. The Balaban J connectivity index is 1.98. The lowest BCUT2D eigenvalue weighted by molar-refractivity contribution is -0.385. The van der Waals surface area contributed by atoms with Crippen LogP contribution in [0.3, 0.4) is 0 Å². The van der Waals surface area contributed by atoms with E-state index in [-0.39, 0.29) is 35.3 Å². The molecule has 0 aromatic heterocycles. The fraction of sp³-hybridized carbons (Fsp3) is 0.235. The Morgan fingerprint density at radius 3 is 2.68 bits per heavy atom. The predicted molar refractivity (Wildman–Crippen MR) is 91.2 cm³/mol. The van der Waals surface area contributed by atoms with Gasteiger partial charge in [0.2, 0.25) is 0 Å². The first-order valence-corrected chi connectivity index (χ1v) is 7.72. The largest absolute Gasteiger partial charge is 0.484 e. The average molecular weight is 367 g/mol. The molecule has 2 rings (SSSR count). The number of likely N-dealkylation sites (N-methyl/N-ethyl adjacent to an activating group) is 1. The van der Waals surface area contributed by atoms with Crippen molar-refractivity contribution in [3.63, 3.8) is 0 Å². The van der Waals surface area contributed by atoms with Crippen LogP contribution in [-0.2, 0) is 11.3 Å². The molecule has 0 aliphatic heterocycles. The lowest BCUT2D eigenvalue weighted by Crippen LogP contribution is -2.31. The third kappa shape index (κ3) is 4.67. The highest BCUT2D eigenvalue weighted by Crippen LogP contribution is 2.23. The number of nitrogens with zero attached hydrogens (tertiary/aromatic N) is 2. The zero-order valence-electron chi connectivity index (χ0n) is 13.7. The van der Waals surface area contributed by atoms with Crippen molar-refractivity contribution >= 4 is 23.2 Å². The Hall–Kier alpha value is -2.67. The number of hydrogen-bond acceptors (Lipinski definition) is 4. The number of hydrogen-bond donors (Lipinski definition) is 0. The molecule has 0 aliphatic carbocycles. The molecule has 0 heterocycles. The maximum Gasteiger partial charge on any atom is 0.272 e. The van der Waals surface area contributed by atoms with Gasteiger partial charge in [0.1, 0.15) is 11.6 Å². The average Bonchev–Trinajstić information content (AvgIpc) is 2.55. The molecule has 1 amide bonds. The van der Waals surface area contributed by atoms with E-state index in [0.29, 0.717) is 11.3 Å². The summed E-state index contributed by atoms with van der Waals surface area (Å²) in [5.41, 5.74) is 0.637. The second-order valence-corrected chi connectivity index (χ2v) is 5.85. The summed E-state index contributed by atoms with van der Waals surface area (Å²) in [5.74, 6) is -0.525. The maximum absolute atomic E-state index is 13.8. The third-order valence-electron chi connectivity index (χ3n) is 3.61. The standard InChI is InChI=1S/C17H16ClFN2O4/c1-11-8-12(6-7-16(11)21(23)24)25-10-17(22)20(2)9-13-14(18)4-3-5-15(13)19/h3-8H,9-10H2,1-2H3. The lowest BCUT2D eigenvalue weighted by atomic mass is 10.2. The van der Waals surface area contributed by atoms with E-state index < -0.39 is 10.7 Å². The van der Waals surface area contributed by atoms with Crippen molar-refractivity contribution in [1.29, 1.82) is 0 Å². The fourth-order valence-electron chi connectivity index (χ4n) is 2.19. The third-order valence-corrected chi connectivity index (χ3v) is 3.96. The van der Waals surface area contributed by atoms with Crippen molar-refractivity contribution in [2.24, 2.45) is 0 Å². The summed E-state index contributed by atoms with van der Waals surface area (Å²) < 4.78 is 19.1. The van der Waals surface area contributed by atoms with Crippen LogP contribution in [-0.4, -0.2) is 29.4 Å². The quantitative estimate of drug-likeness (QED) is 0.576. The molecule has 2 aromatic carbocycles. The van der Waals surface area contributed by atoms with Crippen LogP contribution in [0.25, 0.3) is 0 Å². The van der Waals surface area contributed by atoms with Crippen molar-refractivity contribution in [2.45, 2.75) is 13.5 Å². The Kier molecular flexibility index (Phi) is 5.93. The second kappa shape index (κ2) is 7.94. The molecule has 25 heavy (non-hydrogen) atoms. The summed E-state index contributed by atoms with van der Waals surface area (Å²) in [4.78, 5) is 23.7. The highest BCUT2D eigenvalue weighted by molar-refractivity contribution is 6.31. The molecule has 2 aromatic rings. The van der Waals surface area contributed by atoms with Gasteiger partial charge in [-0.3, -0.25) is 14.9 Å². The summed E-state index contributed by atoms with van der Waals surface area (Å²) in [6, 6.07) is 8.54. The first-order chi connectivity index (χ1) is 11.8. The van der Waals surface area contributed by atoms with Crippen LogP contribution in [0.15, 0.2) is 36.4 Å². The van der Waals surface area contributed by atoms with E-state index in [2.05, 4.69) is 0 Å². The maximum atomic E-state index is 13.8. The number of rotatable bonds is 6. The molecule has 0 fully saturated rings. The first kappa shape index (κ1) is 18.7. The van der Waals surface area contributed by atoms with Gasteiger partial charge in [-0.1, -0.05) is 17.7 Å². The van der Waals surface area contributed by atoms with Crippen LogP contribution < -0.4 is 4.74 Å². The lowest BCUT2D eigenvalue weighted by Gasteiger charge is -2.18. The van der Waals surface area contributed by atoms with E-state index in [1.54, 1.807) is 13.0 Å². The molecule has 0 bridgehead atoms. The number of carbonyl (C=O) groups excluding carboxylic acids is 1. The Labute approximate surface area is 148 Å². The monoisotopic (exact) mass is 366 g/mol. The number of carbonyl (C=O) groups is 1. The zero-order valence-corrected chi connectivity index (χ0v) is 14.4. The summed E-state index contributed by atoms with van der Waals surface area (Å²) in [6.45, 7) is 1.31. The van der Waals surface area contributed by atoms with Crippen LogP contribution in [0.2, 0.25) is 5.02 Å². The molecule has 0 radical (unpaired) electrons. The van der Waals surface area contributed by atoms with Crippen molar-refractivity contribution in [3.8, 4) is 5.75 Å². The molecular weight excluding hydrogens is 351 g/mol. The van der Waals surface area contributed by atoms with E-state index in [0.717, 1.165) is 0 Å². The smallest absolute Gasteiger partial charge is 0.272 e. The highest BCUT2D eigenvalue weighted by Gasteiger charge is 2.16. The molecule has 0 unspecified atom stereocenters. The highest BCUT2D eigenvalue weighted by atomic mass is 35.5. The van der Waals surface area contributed by atoms with Gasteiger partial charge < -0.3 is 9.64 Å². The minimum absolute atomic E-state index is 0.00693.